The van der Waals surface area contributed by atoms with Crippen LogP contribution in [0.5, 0.6) is 5.75 Å². The standard InChI is InChI=1S/C18H25N7OS.C9H6F4O2/c1-21-15(20)10-9-13(19)6-2-3-8-17-24-25-18(27-17)23-16(26)12-14-7-4-5-11-22-14;10-7-2-1-6(3-4-14)5-8(7)15-9(11,12)13/h4-5,7,9-11,21H,2-3,6,8,12,19-20H2,1H3,(H,23,25,26);1-2,4-5H,3H2/b13-9-,15-10+;. The van der Waals surface area contributed by atoms with Gasteiger partial charge in [0.1, 0.15) is 11.3 Å². The molecule has 0 radical (unpaired) electrons. The number of aromatic nitrogens is 3. The average molecular weight is 610 g/mol. The van der Waals surface area contributed by atoms with E-state index in [-0.39, 0.29) is 24.3 Å². The summed E-state index contributed by atoms with van der Waals surface area (Å²) < 4.78 is 51.6. The van der Waals surface area contributed by atoms with Crippen molar-refractivity contribution in [1.82, 2.24) is 20.5 Å². The van der Waals surface area contributed by atoms with Crippen LogP contribution in [0.15, 0.2) is 66.3 Å². The highest BCUT2D eigenvalue weighted by atomic mass is 32.1. The third kappa shape index (κ3) is 13.7. The Morgan fingerprint density at radius 2 is 1.90 bits per heavy atom. The van der Waals surface area contributed by atoms with Crippen molar-refractivity contribution in [3.63, 3.8) is 0 Å². The van der Waals surface area contributed by atoms with Gasteiger partial charge in [0, 0.05) is 37.5 Å². The maximum Gasteiger partial charge on any atom is 0.573 e. The number of aryl methyl sites for hydroxylation is 1. The van der Waals surface area contributed by atoms with Gasteiger partial charge in [-0.05, 0) is 61.2 Å². The fourth-order valence-electron chi connectivity index (χ4n) is 3.18. The third-order valence-electron chi connectivity index (χ3n) is 5.19. The Hall–Kier alpha value is -4.53. The molecule has 15 heteroatoms. The zero-order valence-corrected chi connectivity index (χ0v) is 23.5. The summed E-state index contributed by atoms with van der Waals surface area (Å²) >= 11 is 1.39. The minimum absolute atomic E-state index is 0.0888. The maximum atomic E-state index is 12.8. The summed E-state index contributed by atoms with van der Waals surface area (Å²) in [6.07, 6.45) is 4.39. The number of nitrogens with two attached hydrogens (primary N) is 2. The lowest BCUT2D eigenvalue weighted by atomic mass is 10.1. The number of aldehydes is 1. The molecule has 0 bridgehead atoms. The molecule has 0 saturated carbocycles. The van der Waals surface area contributed by atoms with Gasteiger partial charge in [0.2, 0.25) is 11.0 Å². The molecule has 2 heterocycles. The summed E-state index contributed by atoms with van der Waals surface area (Å²) in [5, 5.41) is 15.1. The number of benzene rings is 1. The topological polar surface area (TPSA) is 158 Å². The summed E-state index contributed by atoms with van der Waals surface area (Å²) in [6.45, 7) is 0. The van der Waals surface area contributed by atoms with Gasteiger partial charge in [-0.25, -0.2) is 4.39 Å². The number of allylic oxidation sites excluding steroid dienone is 3. The molecule has 0 saturated heterocycles. The van der Waals surface area contributed by atoms with Gasteiger partial charge in [0.05, 0.1) is 12.2 Å². The molecule has 6 N–H and O–H groups in total. The van der Waals surface area contributed by atoms with Crippen molar-refractivity contribution in [1.29, 1.82) is 0 Å². The Bertz CT molecular complexity index is 1350. The summed E-state index contributed by atoms with van der Waals surface area (Å²) in [5.41, 5.74) is 13.3. The second kappa shape index (κ2) is 17.3. The molecule has 0 atom stereocenters. The lowest BCUT2D eigenvalue weighted by Crippen LogP contribution is -2.18. The molecule has 3 rings (SSSR count). The van der Waals surface area contributed by atoms with Gasteiger partial charge >= 0.3 is 6.36 Å². The normalized spacial score (nSPS) is 11.7. The van der Waals surface area contributed by atoms with Gasteiger partial charge in [-0.2, -0.15) is 0 Å². The number of nitrogens with one attached hydrogen (secondary N) is 2. The first-order chi connectivity index (χ1) is 20.0. The number of pyridine rings is 1. The Labute approximate surface area is 243 Å². The fourth-order valence-corrected chi connectivity index (χ4v) is 3.98. The number of amides is 1. The number of nitrogens with zero attached hydrogens (tertiary/aromatic N) is 3. The summed E-state index contributed by atoms with van der Waals surface area (Å²) in [7, 11) is 1.76. The lowest BCUT2D eigenvalue weighted by Gasteiger charge is -2.10. The smallest absolute Gasteiger partial charge is 0.403 e. The quantitative estimate of drug-likeness (QED) is 0.0967. The molecule has 3 aromatic rings. The van der Waals surface area contributed by atoms with E-state index < -0.39 is 17.9 Å². The molecular weight excluding hydrogens is 578 g/mol. The largest absolute Gasteiger partial charge is 0.573 e. The predicted molar refractivity (Wildman–Crippen MR) is 150 cm³/mol. The molecule has 10 nitrogen and oxygen atoms in total. The van der Waals surface area contributed by atoms with E-state index in [2.05, 4.69) is 30.6 Å². The zero-order valence-electron chi connectivity index (χ0n) is 22.7. The van der Waals surface area contributed by atoms with Gasteiger partial charge in [0.15, 0.2) is 11.6 Å². The Morgan fingerprint density at radius 1 is 1.12 bits per heavy atom. The van der Waals surface area contributed by atoms with Gasteiger partial charge < -0.3 is 31.6 Å². The number of rotatable bonds is 13. The number of unbranched alkanes of at least 4 members (excludes halogenated alkanes) is 1. The molecule has 42 heavy (non-hydrogen) atoms. The van der Waals surface area contributed by atoms with Crippen molar-refractivity contribution in [2.75, 3.05) is 12.4 Å². The molecule has 0 spiro atoms. The van der Waals surface area contributed by atoms with Crippen molar-refractivity contribution in [2.24, 2.45) is 11.5 Å². The molecule has 226 valence electrons. The lowest BCUT2D eigenvalue weighted by molar-refractivity contribution is -0.275. The van der Waals surface area contributed by atoms with E-state index in [1.807, 2.05) is 24.3 Å². The van der Waals surface area contributed by atoms with Gasteiger partial charge in [-0.1, -0.05) is 23.5 Å². The van der Waals surface area contributed by atoms with Crippen molar-refractivity contribution < 1.29 is 31.9 Å². The SMILES string of the molecule is CN/C(N)=C/C=C(\N)CCCCc1nnc(NC(=O)Cc2ccccn2)s1.O=CCc1ccc(F)c(OC(F)(F)F)c1. The number of carbonyl (C=O) groups is 2. The minimum atomic E-state index is -4.94. The minimum Gasteiger partial charge on any atom is -0.403 e. The highest BCUT2D eigenvalue weighted by Gasteiger charge is 2.32. The van der Waals surface area contributed by atoms with Crippen LogP contribution in [0.1, 0.15) is 35.5 Å². The molecule has 1 aromatic carbocycles. The second-order valence-electron chi connectivity index (χ2n) is 8.55. The van der Waals surface area contributed by atoms with Crippen LogP contribution < -0.4 is 26.8 Å². The van der Waals surface area contributed by atoms with Crippen LogP contribution in [0.25, 0.3) is 0 Å². The van der Waals surface area contributed by atoms with E-state index in [1.54, 1.807) is 19.3 Å². The Kier molecular flexibility index (Phi) is 13.9. The number of anilines is 1. The van der Waals surface area contributed by atoms with Gasteiger partial charge in [0.25, 0.3) is 0 Å². The third-order valence-corrected chi connectivity index (χ3v) is 6.09. The summed E-state index contributed by atoms with van der Waals surface area (Å²) in [4.78, 5) is 26.2. The molecule has 0 aliphatic carbocycles. The number of carbonyl (C=O) groups excluding carboxylic acids is 2. The maximum absolute atomic E-state index is 12.8. The number of ether oxygens (including phenoxy) is 1. The molecular formula is C27H31F4N7O3S. The van der Waals surface area contributed by atoms with E-state index in [0.29, 0.717) is 17.2 Å². The highest BCUT2D eigenvalue weighted by molar-refractivity contribution is 7.15. The van der Waals surface area contributed by atoms with E-state index >= 15 is 0 Å². The fraction of sp³-hybridized carbons (Fsp3) is 0.296. The summed E-state index contributed by atoms with van der Waals surface area (Å²) in [5.74, 6) is -1.63. The van der Waals surface area contributed by atoms with Crippen LogP contribution in [-0.4, -0.2) is 40.8 Å². The average Bonchev–Trinajstić information content (AvgIpc) is 3.38. The van der Waals surface area contributed by atoms with Crippen LogP contribution in [0, 0.1) is 5.82 Å². The molecule has 0 fully saturated rings. The molecule has 0 aliphatic heterocycles. The number of alkyl halides is 3. The number of halogens is 4. The van der Waals surface area contributed by atoms with Crippen LogP contribution in [-0.2, 0) is 28.9 Å². The van der Waals surface area contributed by atoms with Crippen LogP contribution >= 0.6 is 11.3 Å². The van der Waals surface area contributed by atoms with Gasteiger partial charge in [-0.3, -0.25) is 9.78 Å². The van der Waals surface area contributed by atoms with Crippen LogP contribution in [0.3, 0.4) is 0 Å². The summed E-state index contributed by atoms with van der Waals surface area (Å²) in [6, 6.07) is 8.36. The van der Waals surface area contributed by atoms with Crippen LogP contribution in [0.2, 0.25) is 0 Å². The molecule has 0 unspecified atom stereocenters. The number of hydrogen-bond acceptors (Lipinski definition) is 10. The first-order valence-electron chi connectivity index (χ1n) is 12.6. The highest BCUT2D eigenvalue weighted by Crippen LogP contribution is 2.26. The first kappa shape index (κ1) is 33.7. The Balaban J connectivity index is 0.000000347. The molecule has 0 aliphatic rings. The first-order valence-corrected chi connectivity index (χ1v) is 13.4. The van der Waals surface area contributed by atoms with Crippen molar-refractivity contribution in [2.45, 2.75) is 44.9 Å². The monoisotopic (exact) mass is 609 g/mol. The van der Waals surface area contributed by atoms with E-state index in [9.17, 15) is 27.2 Å². The van der Waals surface area contributed by atoms with Crippen molar-refractivity contribution in [3.8, 4) is 5.75 Å². The van der Waals surface area contributed by atoms with Gasteiger partial charge in [-0.15, -0.1) is 23.4 Å². The van der Waals surface area contributed by atoms with E-state index in [4.69, 9.17) is 11.5 Å². The van der Waals surface area contributed by atoms with Crippen molar-refractivity contribution in [3.05, 3.63) is 88.3 Å². The zero-order chi connectivity index (χ0) is 31.0. The molecule has 2 aromatic heterocycles. The number of hydrogen-bond donors (Lipinski definition) is 4. The predicted octanol–water partition coefficient (Wildman–Crippen LogP) is 4.15. The Morgan fingerprint density at radius 3 is 2.57 bits per heavy atom. The van der Waals surface area contributed by atoms with Crippen LogP contribution in [0.4, 0.5) is 22.7 Å². The van der Waals surface area contributed by atoms with E-state index in [0.717, 1.165) is 54.2 Å². The van der Waals surface area contributed by atoms with E-state index in [1.165, 1.54) is 17.4 Å². The molecule has 1 amide bonds. The second-order valence-corrected chi connectivity index (χ2v) is 9.61. The van der Waals surface area contributed by atoms with Crippen molar-refractivity contribution >= 4 is 28.7 Å².